The minimum absolute atomic E-state index is 0.205. The number of nitrogens with one attached hydrogen (secondary N) is 1. The zero-order valence-corrected chi connectivity index (χ0v) is 12.4. The minimum atomic E-state index is 0.205. The summed E-state index contributed by atoms with van der Waals surface area (Å²) in [6.07, 6.45) is 2.55. The van der Waals surface area contributed by atoms with Crippen LogP contribution in [0.1, 0.15) is 33.6 Å². The largest absolute Gasteiger partial charge is 0.495 e. The van der Waals surface area contributed by atoms with Crippen LogP contribution in [0.4, 0.5) is 5.69 Å². The third-order valence-electron chi connectivity index (χ3n) is 4.55. The van der Waals surface area contributed by atoms with Crippen molar-refractivity contribution in [2.45, 2.75) is 45.8 Å². The first kappa shape index (κ1) is 14.2. The SMILES string of the molecule is CCOC1CC(Nc2ccccc2OC)C1(C)CC. The van der Waals surface area contributed by atoms with Crippen LogP contribution in [-0.4, -0.2) is 25.9 Å². The summed E-state index contributed by atoms with van der Waals surface area (Å²) in [4.78, 5) is 0. The van der Waals surface area contributed by atoms with E-state index in [1.54, 1.807) is 7.11 Å². The smallest absolute Gasteiger partial charge is 0.141 e. The molecular weight excluding hydrogens is 238 g/mol. The van der Waals surface area contributed by atoms with Gasteiger partial charge in [0.1, 0.15) is 5.75 Å². The van der Waals surface area contributed by atoms with E-state index >= 15 is 0 Å². The van der Waals surface area contributed by atoms with E-state index in [4.69, 9.17) is 9.47 Å². The molecule has 1 aromatic rings. The van der Waals surface area contributed by atoms with Crippen molar-refractivity contribution in [2.24, 2.45) is 5.41 Å². The first-order valence-corrected chi connectivity index (χ1v) is 7.16. The molecule has 0 aliphatic heterocycles. The fourth-order valence-corrected chi connectivity index (χ4v) is 2.93. The van der Waals surface area contributed by atoms with Crippen LogP contribution in [0.5, 0.6) is 5.75 Å². The monoisotopic (exact) mass is 263 g/mol. The maximum atomic E-state index is 5.84. The number of methoxy groups -OCH3 is 1. The van der Waals surface area contributed by atoms with Gasteiger partial charge in [-0.3, -0.25) is 0 Å². The molecular formula is C16H25NO2. The van der Waals surface area contributed by atoms with Crippen LogP contribution < -0.4 is 10.1 Å². The second-order valence-corrected chi connectivity index (χ2v) is 5.44. The van der Waals surface area contributed by atoms with Crippen molar-refractivity contribution >= 4 is 5.69 Å². The predicted octanol–water partition coefficient (Wildman–Crippen LogP) is 3.70. The van der Waals surface area contributed by atoms with E-state index in [2.05, 4.69) is 32.2 Å². The lowest BCUT2D eigenvalue weighted by Gasteiger charge is -2.54. The van der Waals surface area contributed by atoms with Crippen molar-refractivity contribution < 1.29 is 9.47 Å². The molecule has 1 aliphatic carbocycles. The normalized spacial score (nSPS) is 29.7. The van der Waals surface area contributed by atoms with Gasteiger partial charge in [-0.2, -0.15) is 0 Å². The number of hydrogen-bond acceptors (Lipinski definition) is 3. The number of hydrogen-bond donors (Lipinski definition) is 1. The average molecular weight is 263 g/mol. The molecule has 106 valence electrons. The average Bonchev–Trinajstić information content (AvgIpc) is 2.45. The summed E-state index contributed by atoms with van der Waals surface area (Å²) in [5.74, 6) is 0.904. The summed E-state index contributed by atoms with van der Waals surface area (Å²) < 4.78 is 11.2. The highest BCUT2D eigenvalue weighted by Crippen LogP contribution is 2.47. The lowest BCUT2D eigenvalue weighted by atomic mass is 9.61. The minimum Gasteiger partial charge on any atom is -0.495 e. The molecule has 3 unspecified atom stereocenters. The van der Waals surface area contributed by atoms with E-state index in [0.717, 1.165) is 30.9 Å². The standard InChI is InChI=1S/C16H25NO2/c1-5-16(3)14(11-15(16)19-6-2)17-12-9-7-8-10-13(12)18-4/h7-10,14-15,17H,5-6,11H2,1-4H3. The van der Waals surface area contributed by atoms with Crippen LogP contribution in [0.15, 0.2) is 24.3 Å². The summed E-state index contributed by atoms with van der Waals surface area (Å²) in [6.45, 7) is 7.41. The van der Waals surface area contributed by atoms with Crippen LogP contribution in [0.25, 0.3) is 0 Å². The van der Waals surface area contributed by atoms with Crippen LogP contribution in [0, 0.1) is 5.41 Å². The predicted molar refractivity (Wildman–Crippen MR) is 78.8 cm³/mol. The number of benzene rings is 1. The summed E-state index contributed by atoms with van der Waals surface area (Å²) in [5, 5.41) is 3.62. The van der Waals surface area contributed by atoms with E-state index in [1.807, 2.05) is 18.2 Å². The molecule has 0 aromatic heterocycles. The Balaban J connectivity index is 2.08. The van der Waals surface area contributed by atoms with Gasteiger partial charge in [-0.05, 0) is 31.9 Å². The van der Waals surface area contributed by atoms with Crippen molar-refractivity contribution in [1.29, 1.82) is 0 Å². The molecule has 3 heteroatoms. The van der Waals surface area contributed by atoms with Gasteiger partial charge in [0.15, 0.2) is 0 Å². The van der Waals surface area contributed by atoms with Gasteiger partial charge in [0.05, 0.1) is 18.9 Å². The zero-order valence-electron chi connectivity index (χ0n) is 12.4. The van der Waals surface area contributed by atoms with E-state index < -0.39 is 0 Å². The van der Waals surface area contributed by atoms with Gasteiger partial charge in [-0.15, -0.1) is 0 Å². The van der Waals surface area contributed by atoms with Gasteiger partial charge in [-0.1, -0.05) is 26.0 Å². The second-order valence-electron chi connectivity index (χ2n) is 5.44. The molecule has 1 aromatic carbocycles. The van der Waals surface area contributed by atoms with Crippen LogP contribution in [0.2, 0.25) is 0 Å². The second kappa shape index (κ2) is 5.83. The molecule has 1 N–H and O–H groups in total. The summed E-state index contributed by atoms with van der Waals surface area (Å²) in [5.41, 5.74) is 1.28. The molecule has 2 rings (SSSR count). The van der Waals surface area contributed by atoms with Gasteiger partial charge in [0, 0.05) is 18.1 Å². The molecule has 0 radical (unpaired) electrons. The van der Waals surface area contributed by atoms with Crippen molar-refractivity contribution in [1.82, 2.24) is 0 Å². The molecule has 3 nitrogen and oxygen atoms in total. The Bertz CT molecular complexity index is 421. The summed E-state index contributed by atoms with van der Waals surface area (Å²) in [7, 11) is 1.71. The number of para-hydroxylation sites is 2. The van der Waals surface area contributed by atoms with Gasteiger partial charge in [0.2, 0.25) is 0 Å². The lowest BCUT2D eigenvalue weighted by Crippen LogP contribution is -2.59. The van der Waals surface area contributed by atoms with E-state index in [9.17, 15) is 0 Å². The highest BCUT2D eigenvalue weighted by molar-refractivity contribution is 5.57. The van der Waals surface area contributed by atoms with Crippen molar-refractivity contribution in [3.63, 3.8) is 0 Å². The van der Waals surface area contributed by atoms with E-state index in [1.165, 1.54) is 0 Å². The fourth-order valence-electron chi connectivity index (χ4n) is 2.93. The molecule has 3 atom stereocenters. The summed E-state index contributed by atoms with van der Waals surface area (Å²) in [6, 6.07) is 8.54. The number of anilines is 1. The molecule has 1 saturated carbocycles. The first-order valence-electron chi connectivity index (χ1n) is 7.16. The third kappa shape index (κ3) is 2.57. The highest BCUT2D eigenvalue weighted by atomic mass is 16.5. The Morgan fingerprint density at radius 1 is 1.32 bits per heavy atom. The molecule has 0 spiro atoms. The van der Waals surface area contributed by atoms with Crippen molar-refractivity contribution in [3.8, 4) is 5.75 Å². The van der Waals surface area contributed by atoms with Crippen LogP contribution in [0.3, 0.4) is 0 Å². The summed E-state index contributed by atoms with van der Waals surface area (Å²) >= 11 is 0. The van der Waals surface area contributed by atoms with Crippen LogP contribution >= 0.6 is 0 Å². The molecule has 0 amide bonds. The Morgan fingerprint density at radius 2 is 2.05 bits per heavy atom. The van der Waals surface area contributed by atoms with E-state index in [0.29, 0.717) is 12.1 Å². The van der Waals surface area contributed by atoms with Crippen LogP contribution in [-0.2, 0) is 4.74 Å². The maximum Gasteiger partial charge on any atom is 0.141 e. The fraction of sp³-hybridized carbons (Fsp3) is 0.625. The van der Waals surface area contributed by atoms with Gasteiger partial charge in [0.25, 0.3) is 0 Å². The number of ether oxygens (including phenoxy) is 2. The molecule has 1 fully saturated rings. The Morgan fingerprint density at radius 3 is 2.68 bits per heavy atom. The van der Waals surface area contributed by atoms with Gasteiger partial charge < -0.3 is 14.8 Å². The Hall–Kier alpha value is -1.22. The van der Waals surface area contributed by atoms with Gasteiger partial charge >= 0.3 is 0 Å². The third-order valence-corrected chi connectivity index (χ3v) is 4.55. The number of rotatable bonds is 6. The molecule has 0 heterocycles. The molecule has 0 saturated heterocycles. The van der Waals surface area contributed by atoms with Crippen molar-refractivity contribution in [3.05, 3.63) is 24.3 Å². The molecule has 19 heavy (non-hydrogen) atoms. The Kier molecular flexibility index (Phi) is 4.35. The van der Waals surface area contributed by atoms with Gasteiger partial charge in [-0.25, -0.2) is 0 Å². The molecule has 1 aliphatic rings. The zero-order chi connectivity index (χ0) is 13.9. The topological polar surface area (TPSA) is 30.5 Å². The Labute approximate surface area is 116 Å². The van der Waals surface area contributed by atoms with Crippen molar-refractivity contribution in [2.75, 3.05) is 19.0 Å². The quantitative estimate of drug-likeness (QED) is 0.849. The first-order chi connectivity index (χ1) is 9.15. The van der Waals surface area contributed by atoms with E-state index in [-0.39, 0.29) is 5.41 Å². The molecule has 0 bridgehead atoms. The lowest BCUT2D eigenvalue weighted by molar-refractivity contribution is -0.109. The highest BCUT2D eigenvalue weighted by Gasteiger charge is 2.51. The maximum absolute atomic E-state index is 5.84.